The summed E-state index contributed by atoms with van der Waals surface area (Å²) < 4.78 is 14.1. The molecule has 2 rings (SSSR count). The van der Waals surface area contributed by atoms with E-state index in [-0.39, 0.29) is 35.5 Å². The zero-order chi connectivity index (χ0) is 16.3. The van der Waals surface area contributed by atoms with Gasteiger partial charge in [-0.1, -0.05) is 12.6 Å². The standard InChI is InChI=1S/C15H12O7/c1-8(2)12(16)20-6-7-21-13(17)9-4-3-5-10-11(9)15(19)22-14(10)18/h3-5H,1,6-7H2,2H3. The average Bonchev–Trinajstić information content (AvgIpc) is 2.78. The maximum Gasteiger partial charge on any atom is 0.347 e. The van der Waals surface area contributed by atoms with Crippen LogP contribution in [0.5, 0.6) is 0 Å². The fraction of sp³-hybridized carbons (Fsp3) is 0.200. The van der Waals surface area contributed by atoms with E-state index in [1.807, 2.05) is 0 Å². The van der Waals surface area contributed by atoms with Crippen molar-refractivity contribution in [1.29, 1.82) is 0 Å². The quantitative estimate of drug-likeness (QED) is 0.266. The van der Waals surface area contributed by atoms with Gasteiger partial charge in [0, 0.05) is 5.57 Å². The molecule has 0 aliphatic carbocycles. The molecule has 114 valence electrons. The molecule has 0 fully saturated rings. The van der Waals surface area contributed by atoms with Gasteiger partial charge in [0.1, 0.15) is 13.2 Å². The number of hydrogen-bond donors (Lipinski definition) is 0. The minimum Gasteiger partial charge on any atom is -0.459 e. The Hall–Kier alpha value is -2.96. The highest BCUT2D eigenvalue weighted by atomic mass is 16.6. The molecule has 0 unspecified atom stereocenters. The first-order valence-corrected chi connectivity index (χ1v) is 6.31. The highest BCUT2D eigenvalue weighted by Gasteiger charge is 2.34. The lowest BCUT2D eigenvalue weighted by Crippen LogP contribution is -2.16. The smallest absolute Gasteiger partial charge is 0.347 e. The predicted octanol–water partition coefficient (Wildman–Crippen LogP) is 1.27. The van der Waals surface area contributed by atoms with Gasteiger partial charge >= 0.3 is 23.9 Å². The Morgan fingerprint density at radius 3 is 2.50 bits per heavy atom. The van der Waals surface area contributed by atoms with Crippen LogP contribution in [0.15, 0.2) is 30.4 Å². The minimum absolute atomic E-state index is 0.0214. The molecule has 1 aliphatic heterocycles. The Bertz CT molecular complexity index is 687. The van der Waals surface area contributed by atoms with E-state index in [1.165, 1.54) is 25.1 Å². The van der Waals surface area contributed by atoms with E-state index in [1.54, 1.807) is 0 Å². The number of ether oxygens (including phenoxy) is 3. The molecule has 1 aromatic rings. The minimum atomic E-state index is -0.888. The monoisotopic (exact) mass is 304 g/mol. The Morgan fingerprint density at radius 2 is 1.82 bits per heavy atom. The summed E-state index contributed by atoms with van der Waals surface area (Å²) in [5, 5.41) is 0. The number of rotatable bonds is 5. The van der Waals surface area contributed by atoms with E-state index in [4.69, 9.17) is 9.47 Å². The van der Waals surface area contributed by atoms with Crippen molar-refractivity contribution in [1.82, 2.24) is 0 Å². The van der Waals surface area contributed by atoms with Gasteiger partial charge in [0.25, 0.3) is 0 Å². The predicted molar refractivity (Wildman–Crippen MR) is 72.2 cm³/mol. The van der Waals surface area contributed by atoms with Crippen molar-refractivity contribution >= 4 is 23.9 Å². The Kier molecular flexibility index (Phi) is 4.36. The van der Waals surface area contributed by atoms with Crippen molar-refractivity contribution in [2.75, 3.05) is 13.2 Å². The van der Waals surface area contributed by atoms with E-state index in [0.717, 1.165) is 0 Å². The molecule has 7 nitrogen and oxygen atoms in total. The number of benzene rings is 1. The van der Waals surface area contributed by atoms with Gasteiger partial charge in [0.05, 0.1) is 16.7 Å². The van der Waals surface area contributed by atoms with Crippen LogP contribution < -0.4 is 0 Å². The van der Waals surface area contributed by atoms with Crippen molar-refractivity contribution < 1.29 is 33.4 Å². The average molecular weight is 304 g/mol. The second-order valence-electron chi connectivity index (χ2n) is 4.46. The molecular weight excluding hydrogens is 292 g/mol. The van der Waals surface area contributed by atoms with Gasteiger partial charge in [-0.3, -0.25) is 0 Å². The second kappa shape index (κ2) is 6.21. The molecule has 0 atom stereocenters. The van der Waals surface area contributed by atoms with Crippen LogP contribution in [-0.4, -0.2) is 37.1 Å². The molecular formula is C15H12O7. The molecule has 1 aromatic carbocycles. The number of hydrogen-bond acceptors (Lipinski definition) is 7. The molecule has 1 aliphatic rings. The zero-order valence-corrected chi connectivity index (χ0v) is 11.7. The summed E-state index contributed by atoms with van der Waals surface area (Å²) in [6.45, 7) is 4.56. The maximum atomic E-state index is 11.9. The SMILES string of the molecule is C=C(C)C(=O)OCCOC(=O)c1cccc2c1C(=O)OC2=O. The summed E-state index contributed by atoms with van der Waals surface area (Å²) in [5.74, 6) is -3.09. The van der Waals surface area contributed by atoms with Crippen LogP contribution in [0.25, 0.3) is 0 Å². The second-order valence-corrected chi connectivity index (χ2v) is 4.46. The number of carbonyl (C=O) groups excluding carboxylic acids is 4. The van der Waals surface area contributed by atoms with Crippen molar-refractivity contribution in [2.45, 2.75) is 6.92 Å². The van der Waals surface area contributed by atoms with Crippen molar-refractivity contribution in [3.8, 4) is 0 Å². The van der Waals surface area contributed by atoms with Crippen molar-refractivity contribution in [3.05, 3.63) is 47.0 Å². The van der Waals surface area contributed by atoms with Gasteiger partial charge in [-0.2, -0.15) is 0 Å². The fourth-order valence-electron chi connectivity index (χ4n) is 1.77. The third-order valence-corrected chi connectivity index (χ3v) is 2.79. The van der Waals surface area contributed by atoms with Crippen LogP contribution in [0, 0.1) is 0 Å². The van der Waals surface area contributed by atoms with Crippen LogP contribution in [0.3, 0.4) is 0 Å². The lowest BCUT2D eigenvalue weighted by molar-refractivity contribution is -0.140. The summed E-state index contributed by atoms with van der Waals surface area (Å²) in [6, 6.07) is 4.17. The number of carbonyl (C=O) groups is 4. The van der Waals surface area contributed by atoms with Crippen LogP contribution in [0.4, 0.5) is 0 Å². The third kappa shape index (κ3) is 3.03. The highest BCUT2D eigenvalue weighted by Crippen LogP contribution is 2.24. The molecule has 1 heterocycles. The molecule has 0 saturated heterocycles. The molecule has 0 radical (unpaired) electrons. The number of cyclic esters (lactones) is 2. The van der Waals surface area contributed by atoms with E-state index in [9.17, 15) is 19.2 Å². The molecule has 0 bridgehead atoms. The summed E-state index contributed by atoms with van der Waals surface area (Å²) >= 11 is 0. The van der Waals surface area contributed by atoms with Crippen LogP contribution >= 0.6 is 0 Å². The van der Waals surface area contributed by atoms with Crippen LogP contribution in [-0.2, 0) is 19.0 Å². The molecule has 7 heteroatoms. The van der Waals surface area contributed by atoms with Crippen molar-refractivity contribution in [3.63, 3.8) is 0 Å². The number of fused-ring (bicyclic) bond motifs is 1. The van der Waals surface area contributed by atoms with Crippen molar-refractivity contribution in [2.24, 2.45) is 0 Å². The molecule has 22 heavy (non-hydrogen) atoms. The van der Waals surface area contributed by atoms with Gasteiger partial charge < -0.3 is 14.2 Å². The first-order valence-electron chi connectivity index (χ1n) is 6.31. The largest absolute Gasteiger partial charge is 0.459 e. The van der Waals surface area contributed by atoms with Crippen LogP contribution in [0.1, 0.15) is 38.0 Å². The molecule has 0 aromatic heterocycles. The van der Waals surface area contributed by atoms with E-state index in [0.29, 0.717) is 0 Å². The lowest BCUT2D eigenvalue weighted by atomic mass is 10.0. The van der Waals surface area contributed by atoms with E-state index in [2.05, 4.69) is 11.3 Å². The fourth-order valence-corrected chi connectivity index (χ4v) is 1.77. The molecule has 0 amide bonds. The normalized spacial score (nSPS) is 12.4. The summed E-state index contributed by atoms with van der Waals surface area (Å²) in [5.41, 5.74) is 0.0673. The van der Waals surface area contributed by atoms with Gasteiger partial charge in [0.2, 0.25) is 0 Å². The summed E-state index contributed by atoms with van der Waals surface area (Å²) in [7, 11) is 0. The van der Waals surface area contributed by atoms with Crippen LogP contribution in [0.2, 0.25) is 0 Å². The highest BCUT2D eigenvalue weighted by molar-refractivity contribution is 6.18. The first-order chi connectivity index (χ1) is 10.4. The topological polar surface area (TPSA) is 96.0 Å². The van der Waals surface area contributed by atoms with Gasteiger partial charge in [0.15, 0.2) is 0 Å². The summed E-state index contributed by atoms with van der Waals surface area (Å²) in [6.07, 6.45) is 0. The third-order valence-electron chi connectivity index (χ3n) is 2.79. The lowest BCUT2D eigenvalue weighted by Gasteiger charge is -2.07. The molecule has 0 spiro atoms. The number of esters is 4. The van der Waals surface area contributed by atoms with E-state index < -0.39 is 23.9 Å². The van der Waals surface area contributed by atoms with Gasteiger partial charge in [-0.15, -0.1) is 0 Å². The maximum absolute atomic E-state index is 11.9. The zero-order valence-electron chi connectivity index (χ0n) is 11.7. The van der Waals surface area contributed by atoms with E-state index >= 15 is 0 Å². The summed E-state index contributed by atoms with van der Waals surface area (Å²) in [4.78, 5) is 46.0. The van der Waals surface area contributed by atoms with Gasteiger partial charge in [-0.25, -0.2) is 19.2 Å². The Balaban J connectivity index is 2.00. The Morgan fingerprint density at radius 1 is 1.14 bits per heavy atom. The van der Waals surface area contributed by atoms with Gasteiger partial charge in [-0.05, 0) is 19.1 Å². The molecule has 0 N–H and O–H groups in total. The molecule has 0 saturated carbocycles. The Labute approximate surface area is 125 Å². The first kappa shape index (κ1) is 15.4.